The van der Waals surface area contributed by atoms with Gasteiger partial charge in [0.25, 0.3) is 0 Å². The number of rotatable bonds is 4. The van der Waals surface area contributed by atoms with Crippen molar-refractivity contribution >= 4 is 11.6 Å². The monoisotopic (exact) mass is 205 g/mol. The third-order valence-corrected chi connectivity index (χ3v) is 1.61. The van der Waals surface area contributed by atoms with Gasteiger partial charge in [-0.25, -0.2) is 9.37 Å². The maximum absolute atomic E-state index is 12.8. The molecule has 0 aliphatic rings. The average Bonchev–Trinajstić information content (AvgIpc) is 2.12. The van der Waals surface area contributed by atoms with Crippen molar-refractivity contribution in [3.05, 3.63) is 23.2 Å². The molecule has 72 valence electrons. The maximum atomic E-state index is 12.8. The van der Waals surface area contributed by atoms with E-state index in [1.54, 1.807) is 7.11 Å². The Labute approximate surface area is 80.4 Å². The first kappa shape index (κ1) is 10.2. The highest BCUT2D eigenvalue weighted by Gasteiger charge is 2.02. The summed E-state index contributed by atoms with van der Waals surface area (Å²) in [6.45, 7) is 0.809. The van der Waals surface area contributed by atoms with Crippen LogP contribution in [-0.4, -0.2) is 25.3 Å². The normalized spacial score (nSPS) is 10.1. The molecule has 0 bridgehead atoms. The Hall–Kier alpha value is -0.870. The van der Waals surface area contributed by atoms with Gasteiger partial charge in [0.2, 0.25) is 0 Å². The molecule has 1 aromatic heterocycles. The van der Waals surface area contributed by atoms with Gasteiger partial charge in [-0.2, -0.15) is 0 Å². The summed E-state index contributed by atoms with van der Waals surface area (Å²) in [6.07, 6.45) is 1.36. The van der Waals surface area contributed by atoms with Crippen LogP contribution in [0.3, 0.4) is 0 Å². The van der Waals surface area contributed by atoms with Crippen LogP contribution in [0.4, 0.5) is 4.39 Å². The lowest BCUT2D eigenvalue weighted by Crippen LogP contribution is -2.04. The number of aromatic nitrogens is 1. The molecular weight excluding hydrogens is 197 g/mol. The minimum absolute atomic E-state index is 0.154. The molecule has 0 radical (unpaired) electrons. The first-order valence-electron chi connectivity index (χ1n) is 3.67. The molecule has 0 aromatic carbocycles. The van der Waals surface area contributed by atoms with Crippen molar-refractivity contribution in [2.45, 2.75) is 0 Å². The molecule has 0 unspecified atom stereocenters. The largest absolute Gasteiger partial charge is 0.489 e. The summed E-state index contributed by atoms with van der Waals surface area (Å²) < 4.78 is 22.6. The van der Waals surface area contributed by atoms with E-state index in [1.807, 2.05) is 0 Å². The first-order chi connectivity index (χ1) is 6.24. The fourth-order valence-electron chi connectivity index (χ4n) is 0.725. The van der Waals surface area contributed by atoms with E-state index in [0.29, 0.717) is 19.0 Å². The van der Waals surface area contributed by atoms with Gasteiger partial charge in [-0.3, -0.25) is 0 Å². The van der Waals surface area contributed by atoms with E-state index in [0.717, 1.165) is 0 Å². The standard InChI is InChI=1S/C8H9ClFNO2/c1-12-2-3-13-6-4-7(10)8(9)11-5-6/h4-5H,2-3H2,1H3. The molecule has 13 heavy (non-hydrogen) atoms. The molecule has 0 amide bonds. The second-order valence-electron chi connectivity index (χ2n) is 2.28. The Kier molecular flexibility index (Phi) is 3.92. The van der Waals surface area contributed by atoms with Crippen molar-refractivity contribution < 1.29 is 13.9 Å². The van der Waals surface area contributed by atoms with Crippen LogP contribution in [0.25, 0.3) is 0 Å². The average molecular weight is 206 g/mol. The van der Waals surface area contributed by atoms with Crippen molar-refractivity contribution in [3.8, 4) is 5.75 Å². The zero-order valence-corrected chi connectivity index (χ0v) is 7.84. The summed E-state index contributed by atoms with van der Waals surface area (Å²) in [4.78, 5) is 3.58. The molecule has 0 fully saturated rings. The molecule has 0 spiro atoms. The Balaban J connectivity index is 2.53. The minimum Gasteiger partial charge on any atom is -0.489 e. The second kappa shape index (κ2) is 4.99. The number of methoxy groups -OCH3 is 1. The summed E-state index contributed by atoms with van der Waals surface area (Å²) >= 11 is 5.38. The highest BCUT2D eigenvalue weighted by Crippen LogP contribution is 2.16. The number of halogens is 2. The molecule has 0 aliphatic carbocycles. The van der Waals surface area contributed by atoms with Gasteiger partial charge in [0.1, 0.15) is 12.4 Å². The van der Waals surface area contributed by atoms with Gasteiger partial charge in [0.15, 0.2) is 11.0 Å². The number of hydrogen-bond donors (Lipinski definition) is 0. The van der Waals surface area contributed by atoms with Gasteiger partial charge in [-0.05, 0) is 0 Å². The molecular formula is C8H9ClFNO2. The van der Waals surface area contributed by atoms with Crippen molar-refractivity contribution in [2.75, 3.05) is 20.3 Å². The van der Waals surface area contributed by atoms with Crippen LogP contribution in [0.1, 0.15) is 0 Å². The lowest BCUT2D eigenvalue weighted by molar-refractivity contribution is 0.146. The van der Waals surface area contributed by atoms with Gasteiger partial charge >= 0.3 is 0 Å². The smallest absolute Gasteiger partial charge is 0.164 e. The SMILES string of the molecule is COCCOc1cnc(Cl)c(F)c1. The van der Waals surface area contributed by atoms with Gasteiger partial charge < -0.3 is 9.47 Å². The van der Waals surface area contributed by atoms with Crippen LogP contribution in [-0.2, 0) is 4.74 Å². The maximum Gasteiger partial charge on any atom is 0.164 e. The zero-order chi connectivity index (χ0) is 9.68. The van der Waals surface area contributed by atoms with E-state index in [-0.39, 0.29) is 5.15 Å². The Morgan fingerprint density at radius 3 is 2.92 bits per heavy atom. The second-order valence-corrected chi connectivity index (χ2v) is 2.64. The van der Waals surface area contributed by atoms with Gasteiger partial charge in [0.05, 0.1) is 12.8 Å². The molecule has 0 atom stereocenters. The molecule has 1 heterocycles. The van der Waals surface area contributed by atoms with E-state index in [4.69, 9.17) is 21.1 Å². The lowest BCUT2D eigenvalue weighted by atomic mass is 10.4. The predicted octanol–water partition coefficient (Wildman–Crippen LogP) is 1.90. The topological polar surface area (TPSA) is 31.4 Å². The predicted molar refractivity (Wildman–Crippen MR) is 46.6 cm³/mol. The number of nitrogens with zero attached hydrogens (tertiary/aromatic N) is 1. The highest BCUT2D eigenvalue weighted by atomic mass is 35.5. The van der Waals surface area contributed by atoms with Crippen molar-refractivity contribution in [1.29, 1.82) is 0 Å². The molecule has 0 aliphatic heterocycles. The fourth-order valence-corrected chi connectivity index (χ4v) is 0.829. The first-order valence-corrected chi connectivity index (χ1v) is 4.04. The quantitative estimate of drug-likeness (QED) is 0.556. The van der Waals surface area contributed by atoms with Gasteiger partial charge in [-0.15, -0.1) is 0 Å². The summed E-state index contributed by atoms with van der Waals surface area (Å²) in [7, 11) is 1.56. The summed E-state index contributed by atoms with van der Waals surface area (Å²) in [5, 5.41) is -0.154. The molecule has 0 saturated carbocycles. The van der Waals surface area contributed by atoms with Gasteiger partial charge in [0, 0.05) is 13.2 Å². The van der Waals surface area contributed by atoms with Crippen LogP contribution in [0, 0.1) is 5.82 Å². The van der Waals surface area contributed by atoms with Crippen LogP contribution in [0.15, 0.2) is 12.3 Å². The Morgan fingerprint density at radius 2 is 2.31 bits per heavy atom. The van der Waals surface area contributed by atoms with E-state index >= 15 is 0 Å². The van der Waals surface area contributed by atoms with E-state index in [2.05, 4.69) is 4.98 Å². The number of pyridine rings is 1. The van der Waals surface area contributed by atoms with Crippen LogP contribution in [0.5, 0.6) is 5.75 Å². The Morgan fingerprint density at radius 1 is 1.54 bits per heavy atom. The van der Waals surface area contributed by atoms with E-state index in [9.17, 15) is 4.39 Å². The Bertz CT molecular complexity index is 283. The summed E-state index contributed by atoms with van der Waals surface area (Å²) in [5.41, 5.74) is 0. The summed E-state index contributed by atoms with van der Waals surface area (Å²) in [5.74, 6) is -0.240. The van der Waals surface area contributed by atoms with Crippen LogP contribution < -0.4 is 4.74 Å². The van der Waals surface area contributed by atoms with Crippen molar-refractivity contribution in [2.24, 2.45) is 0 Å². The molecule has 3 nitrogen and oxygen atoms in total. The molecule has 0 saturated heterocycles. The fraction of sp³-hybridized carbons (Fsp3) is 0.375. The molecule has 1 aromatic rings. The molecule has 1 rings (SSSR count). The van der Waals surface area contributed by atoms with Crippen LogP contribution >= 0.6 is 11.6 Å². The van der Waals surface area contributed by atoms with Crippen molar-refractivity contribution in [3.63, 3.8) is 0 Å². The third kappa shape index (κ3) is 3.16. The minimum atomic E-state index is -0.586. The zero-order valence-electron chi connectivity index (χ0n) is 7.09. The number of ether oxygens (including phenoxy) is 2. The van der Waals surface area contributed by atoms with E-state index in [1.165, 1.54) is 12.3 Å². The molecule has 5 heteroatoms. The summed E-state index contributed by atoms with van der Waals surface area (Å²) in [6, 6.07) is 1.19. The highest BCUT2D eigenvalue weighted by molar-refractivity contribution is 6.29. The molecule has 0 N–H and O–H groups in total. The number of hydrogen-bond acceptors (Lipinski definition) is 3. The van der Waals surface area contributed by atoms with E-state index < -0.39 is 5.82 Å². The van der Waals surface area contributed by atoms with Crippen LogP contribution in [0.2, 0.25) is 5.15 Å². The van der Waals surface area contributed by atoms with Gasteiger partial charge in [-0.1, -0.05) is 11.6 Å². The van der Waals surface area contributed by atoms with Crippen molar-refractivity contribution in [1.82, 2.24) is 4.98 Å². The lowest BCUT2D eigenvalue weighted by Gasteiger charge is -2.04. The third-order valence-electron chi connectivity index (χ3n) is 1.33.